The molecule has 0 bridgehead atoms. The van der Waals surface area contributed by atoms with Gasteiger partial charge in [-0.25, -0.2) is 0 Å². The summed E-state index contributed by atoms with van der Waals surface area (Å²) in [6.45, 7) is 16.3. The quantitative estimate of drug-likeness (QED) is 0.519. The number of tetrazole rings is 1. The van der Waals surface area contributed by atoms with Crippen LogP contribution in [0.1, 0.15) is 112 Å². The molecule has 6 nitrogen and oxygen atoms in total. The van der Waals surface area contributed by atoms with Gasteiger partial charge in [0.2, 0.25) is 0 Å². The average Bonchev–Trinajstić information content (AvgIpc) is 3.33. The van der Waals surface area contributed by atoms with E-state index in [1.165, 1.54) is 5.57 Å². The van der Waals surface area contributed by atoms with Crippen LogP contribution in [-0.2, 0) is 15.0 Å². The maximum absolute atomic E-state index is 14.4. The SMILES string of the molecule is CC1(C)CC[C@]2(c3nn[nH]n3)CC[C@]3(C)[C@H](C(=O)C=C4[C@@]5(C)CCC(=O)C(C)(C)[C@@H]5CC[C@]43C)[C@@H]2C1. The lowest BCUT2D eigenvalue weighted by Crippen LogP contribution is -2.66. The van der Waals surface area contributed by atoms with Gasteiger partial charge >= 0.3 is 0 Å². The van der Waals surface area contributed by atoms with Crippen LogP contribution in [0.3, 0.4) is 0 Å². The summed E-state index contributed by atoms with van der Waals surface area (Å²) in [5, 5.41) is 15.7. The number of allylic oxidation sites excluding steroid dienone is 2. The lowest BCUT2D eigenvalue weighted by Gasteiger charge is -2.69. The van der Waals surface area contributed by atoms with E-state index < -0.39 is 0 Å². The highest BCUT2D eigenvalue weighted by molar-refractivity contribution is 5.96. The van der Waals surface area contributed by atoms with Gasteiger partial charge in [0.1, 0.15) is 5.78 Å². The molecule has 7 atom stereocenters. The standard InChI is InChI=1S/C30H44N4O2/c1-25(2)12-14-30(24-31-33-34-32-24)15-13-29(7)23(18(30)17-25)19(35)16-21-27(5)10-9-22(36)26(3,4)20(27)8-11-28(21,29)6/h16,18,20,23H,8-15,17H2,1-7H3,(H,31,32,33,34)/t18-,20-,23-,27-,28+,29+,30-/m0/s1. The van der Waals surface area contributed by atoms with Crippen LogP contribution in [0, 0.1) is 44.8 Å². The van der Waals surface area contributed by atoms with Gasteiger partial charge in [-0.05, 0) is 90.9 Å². The van der Waals surface area contributed by atoms with Crippen molar-refractivity contribution >= 4 is 11.6 Å². The Labute approximate surface area is 215 Å². The molecule has 1 heterocycles. The Balaban J connectivity index is 1.50. The average molecular weight is 493 g/mol. The van der Waals surface area contributed by atoms with E-state index in [0.717, 1.165) is 57.2 Å². The second-order valence-electron chi connectivity index (χ2n) is 15.2. The fourth-order valence-corrected chi connectivity index (χ4v) is 10.6. The van der Waals surface area contributed by atoms with E-state index in [9.17, 15) is 9.59 Å². The second kappa shape index (κ2) is 7.17. The van der Waals surface area contributed by atoms with Crippen LogP contribution in [0.5, 0.6) is 0 Å². The lowest BCUT2D eigenvalue weighted by atomic mass is 9.34. The zero-order valence-corrected chi connectivity index (χ0v) is 23.3. The molecule has 0 saturated heterocycles. The van der Waals surface area contributed by atoms with Crippen LogP contribution in [0.25, 0.3) is 0 Å². The summed E-state index contributed by atoms with van der Waals surface area (Å²) in [5.41, 5.74) is 0.796. The summed E-state index contributed by atoms with van der Waals surface area (Å²) in [6.07, 6.45) is 10.9. The molecule has 6 heteroatoms. The summed E-state index contributed by atoms with van der Waals surface area (Å²) in [5.74, 6) is 2.02. The minimum Gasteiger partial charge on any atom is -0.299 e. The van der Waals surface area contributed by atoms with Gasteiger partial charge in [-0.2, -0.15) is 5.21 Å². The smallest absolute Gasteiger partial charge is 0.180 e. The fourth-order valence-electron chi connectivity index (χ4n) is 10.6. The van der Waals surface area contributed by atoms with Gasteiger partial charge in [0.05, 0.1) is 0 Å². The molecule has 5 aliphatic rings. The molecule has 36 heavy (non-hydrogen) atoms. The molecule has 0 radical (unpaired) electrons. The predicted octanol–water partition coefficient (Wildman–Crippen LogP) is 6.00. The van der Waals surface area contributed by atoms with Crippen LogP contribution in [0.2, 0.25) is 0 Å². The molecule has 0 spiro atoms. The summed E-state index contributed by atoms with van der Waals surface area (Å²) < 4.78 is 0. The van der Waals surface area contributed by atoms with Gasteiger partial charge in [-0.15, -0.1) is 10.2 Å². The number of carbonyl (C=O) groups excluding carboxylic acids is 2. The molecule has 1 aromatic heterocycles. The first-order valence-electron chi connectivity index (χ1n) is 14.3. The zero-order chi connectivity index (χ0) is 25.9. The van der Waals surface area contributed by atoms with Crippen molar-refractivity contribution in [1.82, 2.24) is 20.6 Å². The number of H-pyrrole nitrogens is 1. The Bertz CT molecular complexity index is 1150. The predicted molar refractivity (Wildman–Crippen MR) is 138 cm³/mol. The van der Waals surface area contributed by atoms with Gasteiger partial charge in [-0.1, -0.05) is 59.3 Å². The van der Waals surface area contributed by atoms with Crippen molar-refractivity contribution in [3.8, 4) is 0 Å². The van der Waals surface area contributed by atoms with Gasteiger partial charge in [-0.3, -0.25) is 9.59 Å². The third-order valence-corrected chi connectivity index (χ3v) is 12.9. The lowest BCUT2D eigenvalue weighted by molar-refractivity contribution is -0.165. The van der Waals surface area contributed by atoms with Crippen molar-refractivity contribution in [2.24, 2.45) is 44.8 Å². The summed E-state index contributed by atoms with van der Waals surface area (Å²) in [7, 11) is 0. The Morgan fingerprint density at radius 3 is 2.33 bits per heavy atom. The van der Waals surface area contributed by atoms with Crippen LogP contribution in [-0.4, -0.2) is 32.2 Å². The Hall–Kier alpha value is -1.85. The number of nitrogens with one attached hydrogen (secondary N) is 1. The molecule has 0 amide bonds. The first-order valence-corrected chi connectivity index (χ1v) is 14.3. The van der Waals surface area contributed by atoms with Crippen molar-refractivity contribution in [3.05, 3.63) is 17.5 Å². The number of rotatable bonds is 1. The Kier molecular flexibility index (Phi) is 4.87. The number of hydrogen-bond acceptors (Lipinski definition) is 5. The van der Waals surface area contributed by atoms with E-state index in [1.54, 1.807) is 0 Å². The number of fused-ring (bicyclic) bond motifs is 7. The molecule has 4 saturated carbocycles. The molecule has 0 aromatic carbocycles. The fraction of sp³-hybridized carbons (Fsp3) is 0.833. The first-order chi connectivity index (χ1) is 16.7. The van der Waals surface area contributed by atoms with Gasteiger partial charge in [0.15, 0.2) is 11.6 Å². The van der Waals surface area contributed by atoms with Crippen LogP contribution in [0.4, 0.5) is 0 Å². The molecule has 0 aliphatic heterocycles. The molecule has 1 aromatic rings. The van der Waals surface area contributed by atoms with Gasteiger partial charge in [0.25, 0.3) is 0 Å². The van der Waals surface area contributed by atoms with Crippen LogP contribution >= 0.6 is 0 Å². The number of nitrogens with zero attached hydrogens (tertiary/aromatic N) is 3. The van der Waals surface area contributed by atoms with E-state index in [0.29, 0.717) is 23.9 Å². The Morgan fingerprint density at radius 1 is 0.917 bits per heavy atom. The molecular formula is C30H44N4O2. The number of aromatic amines is 1. The summed E-state index contributed by atoms with van der Waals surface area (Å²) in [4.78, 5) is 27.4. The molecule has 0 unspecified atom stereocenters. The van der Waals surface area contributed by atoms with Crippen molar-refractivity contribution < 1.29 is 9.59 Å². The molecule has 1 N–H and O–H groups in total. The molecular weight excluding hydrogens is 448 g/mol. The van der Waals surface area contributed by atoms with E-state index in [4.69, 9.17) is 0 Å². The monoisotopic (exact) mass is 492 g/mol. The molecule has 196 valence electrons. The maximum Gasteiger partial charge on any atom is 0.180 e. The number of hydrogen-bond donors (Lipinski definition) is 1. The second-order valence-corrected chi connectivity index (χ2v) is 15.2. The van der Waals surface area contributed by atoms with Crippen molar-refractivity contribution in [2.75, 3.05) is 0 Å². The minimum atomic E-state index is -0.330. The number of aromatic nitrogens is 4. The number of carbonyl (C=O) groups is 2. The summed E-state index contributed by atoms with van der Waals surface area (Å²) in [6, 6.07) is 0. The highest BCUT2D eigenvalue weighted by Gasteiger charge is 2.70. The molecule has 6 rings (SSSR count). The van der Waals surface area contributed by atoms with E-state index in [2.05, 4.69) is 75.2 Å². The molecule has 5 aliphatic carbocycles. The third kappa shape index (κ3) is 2.82. The van der Waals surface area contributed by atoms with E-state index >= 15 is 0 Å². The van der Waals surface area contributed by atoms with Gasteiger partial charge < -0.3 is 0 Å². The van der Waals surface area contributed by atoms with Crippen molar-refractivity contribution in [1.29, 1.82) is 0 Å². The third-order valence-electron chi connectivity index (χ3n) is 12.9. The van der Waals surface area contributed by atoms with Crippen molar-refractivity contribution in [2.45, 2.75) is 112 Å². The van der Waals surface area contributed by atoms with Crippen LogP contribution < -0.4 is 0 Å². The zero-order valence-electron chi connectivity index (χ0n) is 23.3. The highest BCUT2D eigenvalue weighted by atomic mass is 16.1. The van der Waals surface area contributed by atoms with Crippen LogP contribution in [0.15, 0.2) is 11.6 Å². The largest absolute Gasteiger partial charge is 0.299 e. The maximum atomic E-state index is 14.4. The minimum absolute atomic E-state index is 0.0311. The Morgan fingerprint density at radius 2 is 1.64 bits per heavy atom. The number of Topliss-reactive ketones (excluding diaryl/α,β-unsaturated/α-hetero) is 1. The van der Waals surface area contributed by atoms with Gasteiger partial charge in [0, 0.05) is 23.2 Å². The normalized spacial score (nSPS) is 47.2. The van der Waals surface area contributed by atoms with Crippen molar-refractivity contribution in [3.63, 3.8) is 0 Å². The molecule has 4 fully saturated rings. The summed E-state index contributed by atoms with van der Waals surface area (Å²) >= 11 is 0. The highest BCUT2D eigenvalue weighted by Crippen LogP contribution is 2.74. The first kappa shape index (κ1) is 24.5. The van der Waals surface area contributed by atoms with E-state index in [-0.39, 0.29) is 44.3 Å². The number of ketones is 2. The van der Waals surface area contributed by atoms with E-state index in [1.807, 2.05) is 0 Å². The topological polar surface area (TPSA) is 88.6 Å².